The topological polar surface area (TPSA) is 92.7 Å². The number of nitrogen functional groups attached to an aromatic ring is 1. The molecule has 1 fully saturated rings. The van der Waals surface area contributed by atoms with Crippen LogP contribution in [0.2, 0.25) is 0 Å². The third-order valence-corrected chi connectivity index (χ3v) is 3.77. The molecule has 7 heteroatoms. The van der Waals surface area contributed by atoms with E-state index in [2.05, 4.69) is 4.90 Å². The molecule has 0 saturated carbocycles. The summed E-state index contributed by atoms with van der Waals surface area (Å²) >= 11 is 0. The molecule has 21 heavy (non-hydrogen) atoms. The van der Waals surface area contributed by atoms with Crippen molar-refractivity contribution in [1.82, 2.24) is 9.80 Å². The third-order valence-electron chi connectivity index (χ3n) is 3.77. The van der Waals surface area contributed by atoms with Gasteiger partial charge in [-0.3, -0.25) is 19.8 Å². The van der Waals surface area contributed by atoms with Crippen LogP contribution < -0.4 is 5.73 Å². The summed E-state index contributed by atoms with van der Waals surface area (Å²) in [6.07, 6.45) is 0.897. The molecule has 2 rings (SSSR count). The average molecular weight is 292 g/mol. The van der Waals surface area contributed by atoms with Crippen LogP contribution in [0.25, 0.3) is 0 Å². The third kappa shape index (κ3) is 3.91. The zero-order valence-electron chi connectivity index (χ0n) is 12.1. The number of rotatable bonds is 3. The molecule has 1 aliphatic heterocycles. The molecule has 114 valence electrons. The first-order valence-corrected chi connectivity index (χ1v) is 6.98. The quantitative estimate of drug-likeness (QED) is 0.514. The fraction of sp³-hybridized carbons (Fsp3) is 0.500. The first kappa shape index (κ1) is 15.2. The molecule has 0 aliphatic carbocycles. The van der Waals surface area contributed by atoms with Crippen molar-refractivity contribution in [3.05, 3.63) is 33.9 Å². The standard InChI is InChI=1S/C14H20N4O3/c1-11(19)17-6-2-5-16(7-8-17)10-12-9-13(18(20)21)3-4-14(12)15/h3-4,9H,2,5-8,10,15H2,1H3. The van der Waals surface area contributed by atoms with Crippen LogP contribution in [0.5, 0.6) is 0 Å². The number of amides is 1. The number of nitro benzene ring substituents is 1. The smallest absolute Gasteiger partial charge is 0.269 e. The van der Waals surface area contributed by atoms with Crippen molar-refractivity contribution in [2.75, 3.05) is 31.9 Å². The van der Waals surface area contributed by atoms with Gasteiger partial charge in [0.1, 0.15) is 0 Å². The van der Waals surface area contributed by atoms with Crippen molar-refractivity contribution in [1.29, 1.82) is 0 Å². The largest absolute Gasteiger partial charge is 0.398 e. The highest BCUT2D eigenvalue weighted by Crippen LogP contribution is 2.21. The van der Waals surface area contributed by atoms with Crippen LogP contribution >= 0.6 is 0 Å². The van der Waals surface area contributed by atoms with Gasteiger partial charge in [-0.25, -0.2) is 0 Å². The Kier molecular flexibility index (Phi) is 4.74. The maximum atomic E-state index is 11.4. The van der Waals surface area contributed by atoms with E-state index in [1.165, 1.54) is 12.1 Å². The molecule has 7 nitrogen and oxygen atoms in total. The van der Waals surface area contributed by atoms with Gasteiger partial charge in [-0.2, -0.15) is 0 Å². The molecular weight excluding hydrogens is 272 g/mol. The van der Waals surface area contributed by atoms with Gasteiger partial charge in [0.25, 0.3) is 5.69 Å². The highest BCUT2D eigenvalue weighted by Gasteiger charge is 2.18. The number of nitrogens with zero attached hydrogens (tertiary/aromatic N) is 3. The van der Waals surface area contributed by atoms with Crippen LogP contribution in [0.4, 0.5) is 11.4 Å². The number of nitro groups is 1. The normalized spacial score (nSPS) is 16.5. The summed E-state index contributed by atoms with van der Waals surface area (Å²) in [4.78, 5) is 25.8. The Morgan fingerprint density at radius 2 is 2.10 bits per heavy atom. The lowest BCUT2D eigenvalue weighted by Crippen LogP contribution is -2.33. The second-order valence-electron chi connectivity index (χ2n) is 5.28. The van der Waals surface area contributed by atoms with Crippen LogP contribution in [0.15, 0.2) is 18.2 Å². The summed E-state index contributed by atoms with van der Waals surface area (Å²) in [6, 6.07) is 4.52. The van der Waals surface area contributed by atoms with Crippen LogP contribution in [0.1, 0.15) is 18.9 Å². The molecule has 0 aromatic heterocycles. The second-order valence-corrected chi connectivity index (χ2v) is 5.28. The highest BCUT2D eigenvalue weighted by atomic mass is 16.6. The van der Waals surface area contributed by atoms with Gasteiger partial charge in [-0.05, 0) is 18.1 Å². The molecule has 1 aromatic carbocycles. The van der Waals surface area contributed by atoms with E-state index in [9.17, 15) is 14.9 Å². The van der Waals surface area contributed by atoms with Crippen LogP contribution in [-0.2, 0) is 11.3 Å². The maximum Gasteiger partial charge on any atom is 0.269 e. The van der Waals surface area contributed by atoms with Crippen molar-refractivity contribution >= 4 is 17.3 Å². The Morgan fingerprint density at radius 3 is 2.76 bits per heavy atom. The molecule has 1 saturated heterocycles. The zero-order chi connectivity index (χ0) is 15.4. The molecule has 0 atom stereocenters. The van der Waals surface area contributed by atoms with E-state index in [4.69, 9.17) is 5.73 Å². The fourth-order valence-electron chi connectivity index (χ4n) is 2.53. The Balaban J connectivity index is 2.06. The molecule has 0 unspecified atom stereocenters. The van der Waals surface area contributed by atoms with Crippen LogP contribution in [0, 0.1) is 10.1 Å². The van der Waals surface area contributed by atoms with Gasteiger partial charge in [0, 0.05) is 57.5 Å². The van der Waals surface area contributed by atoms with E-state index in [1.54, 1.807) is 13.0 Å². The molecule has 0 spiro atoms. The minimum absolute atomic E-state index is 0.0550. The van der Waals surface area contributed by atoms with Gasteiger partial charge in [0.15, 0.2) is 0 Å². The Bertz CT molecular complexity index is 547. The van der Waals surface area contributed by atoms with Crippen molar-refractivity contribution in [3.63, 3.8) is 0 Å². The van der Waals surface area contributed by atoms with E-state index < -0.39 is 4.92 Å². The molecule has 1 aromatic rings. The average Bonchev–Trinajstić information content (AvgIpc) is 2.66. The van der Waals surface area contributed by atoms with Crippen molar-refractivity contribution in [2.45, 2.75) is 19.9 Å². The summed E-state index contributed by atoms with van der Waals surface area (Å²) in [5.74, 6) is 0.0895. The Hall–Kier alpha value is -2.15. The van der Waals surface area contributed by atoms with Crippen LogP contribution in [0.3, 0.4) is 0 Å². The Morgan fingerprint density at radius 1 is 1.33 bits per heavy atom. The summed E-state index contributed by atoms with van der Waals surface area (Å²) < 4.78 is 0. The van der Waals surface area contributed by atoms with E-state index in [0.717, 1.165) is 31.6 Å². The predicted octanol–water partition coefficient (Wildman–Crippen LogP) is 1.23. The van der Waals surface area contributed by atoms with Gasteiger partial charge in [0.05, 0.1) is 4.92 Å². The lowest BCUT2D eigenvalue weighted by molar-refractivity contribution is -0.384. The number of hydrogen-bond acceptors (Lipinski definition) is 5. The molecule has 1 aliphatic rings. The van der Waals surface area contributed by atoms with Crippen LogP contribution in [-0.4, -0.2) is 46.8 Å². The summed E-state index contributed by atoms with van der Waals surface area (Å²) in [5.41, 5.74) is 7.29. The van der Waals surface area contributed by atoms with Gasteiger partial charge < -0.3 is 10.6 Å². The molecule has 1 heterocycles. The highest BCUT2D eigenvalue weighted by molar-refractivity contribution is 5.73. The molecule has 2 N–H and O–H groups in total. The number of anilines is 1. The van der Waals surface area contributed by atoms with Gasteiger partial charge in [-0.1, -0.05) is 0 Å². The number of hydrogen-bond donors (Lipinski definition) is 1. The summed E-state index contributed by atoms with van der Waals surface area (Å²) in [5, 5.41) is 10.8. The minimum atomic E-state index is -0.414. The van der Waals surface area contributed by atoms with Gasteiger partial charge in [-0.15, -0.1) is 0 Å². The molecule has 1 amide bonds. The lowest BCUT2D eigenvalue weighted by Gasteiger charge is -2.21. The predicted molar refractivity (Wildman–Crippen MR) is 79.7 cm³/mol. The Labute approximate surface area is 123 Å². The molecular formula is C14H20N4O3. The van der Waals surface area contributed by atoms with Crippen molar-refractivity contribution in [3.8, 4) is 0 Å². The minimum Gasteiger partial charge on any atom is -0.398 e. The van der Waals surface area contributed by atoms with E-state index >= 15 is 0 Å². The number of nitrogens with two attached hydrogens (primary N) is 1. The number of carbonyl (C=O) groups is 1. The number of non-ortho nitro benzene ring substituents is 1. The summed E-state index contributed by atoms with van der Waals surface area (Å²) in [6.45, 7) is 5.20. The number of carbonyl (C=O) groups excluding carboxylic acids is 1. The SMILES string of the molecule is CC(=O)N1CCCN(Cc2cc([N+](=O)[O-])ccc2N)CC1. The van der Waals surface area contributed by atoms with Crippen molar-refractivity contribution in [2.24, 2.45) is 0 Å². The maximum absolute atomic E-state index is 11.4. The zero-order valence-corrected chi connectivity index (χ0v) is 12.1. The lowest BCUT2D eigenvalue weighted by atomic mass is 10.1. The van der Waals surface area contributed by atoms with Gasteiger partial charge in [0.2, 0.25) is 5.91 Å². The fourth-order valence-corrected chi connectivity index (χ4v) is 2.53. The van der Waals surface area contributed by atoms with E-state index in [1.807, 2.05) is 4.90 Å². The van der Waals surface area contributed by atoms with E-state index in [-0.39, 0.29) is 11.6 Å². The van der Waals surface area contributed by atoms with E-state index in [0.29, 0.717) is 18.8 Å². The monoisotopic (exact) mass is 292 g/mol. The van der Waals surface area contributed by atoms with Crippen molar-refractivity contribution < 1.29 is 9.72 Å². The first-order chi connectivity index (χ1) is 9.97. The molecule has 0 radical (unpaired) electrons. The molecule has 0 bridgehead atoms. The number of benzene rings is 1. The first-order valence-electron chi connectivity index (χ1n) is 6.98. The second kappa shape index (κ2) is 6.53. The summed E-state index contributed by atoms with van der Waals surface area (Å²) in [7, 11) is 0. The van der Waals surface area contributed by atoms with Gasteiger partial charge >= 0.3 is 0 Å².